The molecule has 0 aliphatic heterocycles. The zero-order valence-electron chi connectivity index (χ0n) is 10.7. The maximum Gasteiger partial charge on any atom is 0.416 e. The van der Waals surface area contributed by atoms with Gasteiger partial charge < -0.3 is 5.11 Å². The van der Waals surface area contributed by atoms with Crippen molar-refractivity contribution in [3.63, 3.8) is 0 Å². The summed E-state index contributed by atoms with van der Waals surface area (Å²) in [7, 11) is 1.27. The van der Waals surface area contributed by atoms with Crippen molar-refractivity contribution in [1.82, 2.24) is 9.78 Å². The molecule has 2 aromatic rings. The first-order valence-electron chi connectivity index (χ1n) is 5.69. The third-order valence-corrected chi connectivity index (χ3v) is 2.80. The van der Waals surface area contributed by atoms with Gasteiger partial charge in [0.1, 0.15) is 5.56 Å². The van der Waals surface area contributed by atoms with E-state index in [0.29, 0.717) is 0 Å². The molecule has 0 unspecified atom stereocenters. The predicted octanol–water partition coefficient (Wildman–Crippen LogP) is 2.16. The molecule has 1 heterocycles. The van der Waals surface area contributed by atoms with Gasteiger partial charge in [-0.15, -0.1) is 0 Å². The summed E-state index contributed by atoms with van der Waals surface area (Å²) < 4.78 is 38.2. The summed E-state index contributed by atoms with van der Waals surface area (Å²) in [6.07, 6.45) is -4.46. The molecule has 5 nitrogen and oxygen atoms in total. The monoisotopic (exact) mass is 298 g/mol. The first kappa shape index (κ1) is 14.8. The molecular weight excluding hydrogens is 289 g/mol. The van der Waals surface area contributed by atoms with Gasteiger partial charge >= 0.3 is 12.1 Å². The molecule has 0 spiro atoms. The van der Waals surface area contributed by atoms with Crippen molar-refractivity contribution < 1.29 is 23.1 Å². The van der Waals surface area contributed by atoms with Gasteiger partial charge in [0.25, 0.3) is 5.56 Å². The molecule has 0 saturated heterocycles. The Kier molecular flexibility index (Phi) is 3.54. The van der Waals surface area contributed by atoms with Crippen LogP contribution in [0.25, 0.3) is 11.3 Å². The summed E-state index contributed by atoms with van der Waals surface area (Å²) in [6, 6.07) is 5.10. The molecule has 0 aliphatic rings. The number of aromatic carboxylic acids is 1. The van der Waals surface area contributed by atoms with Gasteiger partial charge in [0.15, 0.2) is 0 Å². The number of aryl methyl sites for hydroxylation is 1. The fourth-order valence-electron chi connectivity index (χ4n) is 1.73. The SMILES string of the molecule is Cn1nc(-c2ccc(C(F)(F)F)cc2)cc(C(=O)O)c1=O. The number of nitrogens with zero attached hydrogens (tertiary/aromatic N) is 2. The van der Waals surface area contributed by atoms with Crippen LogP contribution >= 0.6 is 0 Å². The van der Waals surface area contributed by atoms with Gasteiger partial charge in [-0.3, -0.25) is 4.79 Å². The van der Waals surface area contributed by atoms with Crippen LogP contribution in [0.2, 0.25) is 0 Å². The zero-order chi connectivity index (χ0) is 15.8. The van der Waals surface area contributed by atoms with Crippen LogP contribution in [0, 0.1) is 0 Å². The van der Waals surface area contributed by atoms with Gasteiger partial charge in [-0.05, 0) is 18.2 Å². The standard InChI is InChI=1S/C13H9F3N2O3/c1-18-11(19)9(12(20)21)6-10(17-18)7-2-4-8(5-3-7)13(14,15)16/h2-6H,1H3,(H,20,21). The molecular formula is C13H9F3N2O3. The van der Waals surface area contributed by atoms with E-state index in [1.165, 1.54) is 19.2 Å². The molecule has 1 aromatic carbocycles. The van der Waals surface area contributed by atoms with E-state index in [1.54, 1.807) is 0 Å². The van der Waals surface area contributed by atoms with Crippen molar-refractivity contribution in [3.8, 4) is 11.3 Å². The number of carboxylic acids is 1. The molecule has 0 atom stereocenters. The zero-order valence-corrected chi connectivity index (χ0v) is 10.7. The van der Waals surface area contributed by atoms with Crippen LogP contribution in [-0.2, 0) is 13.2 Å². The Bertz CT molecular complexity index is 749. The van der Waals surface area contributed by atoms with E-state index in [4.69, 9.17) is 5.11 Å². The second-order valence-electron chi connectivity index (χ2n) is 4.25. The Labute approximate surface area is 116 Å². The van der Waals surface area contributed by atoms with Crippen molar-refractivity contribution in [2.24, 2.45) is 7.05 Å². The van der Waals surface area contributed by atoms with Crippen LogP contribution in [0.5, 0.6) is 0 Å². The van der Waals surface area contributed by atoms with Gasteiger partial charge in [-0.1, -0.05) is 12.1 Å². The van der Waals surface area contributed by atoms with Crippen molar-refractivity contribution >= 4 is 5.97 Å². The molecule has 110 valence electrons. The number of halogens is 3. The first-order valence-corrected chi connectivity index (χ1v) is 5.69. The summed E-state index contributed by atoms with van der Waals surface area (Å²) in [5, 5.41) is 12.8. The number of alkyl halides is 3. The highest BCUT2D eigenvalue weighted by Gasteiger charge is 2.30. The van der Waals surface area contributed by atoms with Crippen molar-refractivity contribution in [2.45, 2.75) is 6.18 Å². The average molecular weight is 298 g/mol. The minimum Gasteiger partial charge on any atom is -0.477 e. The molecule has 8 heteroatoms. The van der Waals surface area contributed by atoms with Gasteiger partial charge in [-0.2, -0.15) is 18.3 Å². The summed E-state index contributed by atoms with van der Waals surface area (Å²) >= 11 is 0. The number of hydrogen-bond acceptors (Lipinski definition) is 3. The Morgan fingerprint density at radius 1 is 1.24 bits per heavy atom. The van der Waals surface area contributed by atoms with Gasteiger partial charge in [0.2, 0.25) is 0 Å². The minimum absolute atomic E-state index is 0.100. The quantitative estimate of drug-likeness (QED) is 0.922. The minimum atomic E-state index is -4.46. The summed E-state index contributed by atoms with van der Waals surface area (Å²) in [4.78, 5) is 22.5. The van der Waals surface area contributed by atoms with Crippen LogP contribution < -0.4 is 5.56 Å². The number of carboxylic acid groups (broad SMARTS) is 1. The van der Waals surface area contributed by atoms with E-state index in [-0.39, 0.29) is 11.3 Å². The summed E-state index contributed by atoms with van der Waals surface area (Å²) in [6.45, 7) is 0. The lowest BCUT2D eigenvalue weighted by Gasteiger charge is -2.08. The lowest BCUT2D eigenvalue weighted by atomic mass is 10.1. The number of benzene rings is 1. The van der Waals surface area contributed by atoms with Crippen LogP contribution in [0.4, 0.5) is 13.2 Å². The molecule has 1 aromatic heterocycles. The van der Waals surface area contributed by atoms with E-state index >= 15 is 0 Å². The normalized spacial score (nSPS) is 11.4. The first-order chi connectivity index (χ1) is 9.70. The lowest BCUT2D eigenvalue weighted by molar-refractivity contribution is -0.137. The van der Waals surface area contributed by atoms with E-state index in [9.17, 15) is 22.8 Å². The maximum absolute atomic E-state index is 12.5. The van der Waals surface area contributed by atoms with Gasteiger partial charge in [0, 0.05) is 12.6 Å². The summed E-state index contributed by atoms with van der Waals surface area (Å²) in [5.74, 6) is -1.42. The Morgan fingerprint density at radius 2 is 1.81 bits per heavy atom. The molecule has 0 amide bonds. The topological polar surface area (TPSA) is 72.2 Å². The maximum atomic E-state index is 12.5. The van der Waals surface area contributed by atoms with E-state index in [0.717, 1.165) is 22.9 Å². The second-order valence-corrected chi connectivity index (χ2v) is 4.25. The third kappa shape index (κ3) is 2.93. The van der Waals surface area contributed by atoms with Crippen molar-refractivity contribution in [3.05, 3.63) is 51.8 Å². The van der Waals surface area contributed by atoms with Crippen LogP contribution in [0.3, 0.4) is 0 Å². The van der Waals surface area contributed by atoms with Crippen LogP contribution in [-0.4, -0.2) is 20.9 Å². The predicted molar refractivity (Wildman–Crippen MR) is 66.9 cm³/mol. The largest absolute Gasteiger partial charge is 0.477 e. The van der Waals surface area contributed by atoms with Gasteiger partial charge in [-0.25, -0.2) is 9.48 Å². The van der Waals surface area contributed by atoms with Crippen LogP contribution in [0.15, 0.2) is 35.1 Å². The molecule has 21 heavy (non-hydrogen) atoms. The Morgan fingerprint density at radius 3 is 2.29 bits per heavy atom. The third-order valence-electron chi connectivity index (χ3n) is 2.80. The molecule has 0 aliphatic carbocycles. The molecule has 1 N–H and O–H groups in total. The van der Waals surface area contributed by atoms with Crippen LogP contribution in [0.1, 0.15) is 15.9 Å². The fourth-order valence-corrected chi connectivity index (χ4v) is 1.73. The van der Waals surface area contributed by atoms with Crippen molar-refractivity contribution in [2.75, 3.05) is 0 Å². The molecule has 0 bridgehead atoms. The highest BCUT2D eigenvalue weighted by atomic mass is 19.4. The highest BCUT2D eigenvalue weighted by molar-refractivity contribution is 5.88. The molecule has 0 fully saturated rings. The lowest BCUT2D eigenvalue weighted by Crippen LogP contribution is -2.26. The molecule has 0 radical (unpaired) electrons. The number of aromatic nitrogens is 2. The van der Waals surface area contributed by atoms with Crippen molar-refractivity contribution in [1.29, 1.82) is 0 Å². The Balaban J connectivity index is 2.52. The number of hydrogen-bond donors (Lipinski definition) is 1. The highest BCUT2D eigenvalue weighted by Crippen LogP contribution is 2.30. The second kappa shape index (κ2) is 5.04. The Hall–Kier alpha value is -2.64. The van der Waals surface area contributed by atoms with Gasteiger partial charge in [0.05, 0.1) is 11.3 Å². The molecule has 2 rings (SSSR count). The number of rotatable bonds is 2. The van der Waals surface area contributed by atoms with E-state index in [2.05, 4.69) is 5.10 Å². The van der Waals surface area contributed by atoms with E-state index < -0.39 is 28.8 Å². The average Bonchev–Trinajstić information content (AvgIpc) is 2.40. The smallest absolute Gasteiger partial charge is 0.416 e. The van der Waals surface area contributed by atoms with E-state index in [1.807, 2.05) is 0 Å². The number of carbonyl (C=O) groups is 1. The fraction of sp³-hybridized carbons (Fsp3) is 0.154. The molecule has 0 saturated carbocycles. The summed E-state index contributed by atoms with van der Waals surface area (Å²) in [5.41, 5.74) is -1.74.